The molecule has 0 saturated heterocycles. The second kappa shape index (κ2) is 7.33. The van der Waals surface area contributed by atoms with Crippen LogP contribution in [0.1, 0.15) is 11.3 Å². The van der Waals surface area contributed by atoms with Crippen molar-refractivity contribution in [3.05, 3.63) is 70.9 Å². The highest BCUT2D eigenvalue weighted by molar-refractivity contribution is 5.90. The molecule has 0 amide bonds. The number of hydrogen-bond acceptors (Lipinski definition) is 5. The number of benzene rings is 2. The van der Waals surface area contributed by atoms with E-state index in [1.54, 1.807) is 24.4 Å². The minimum Gasteiger partial charge on any atom is -0.870 e. The number of nitroso groups, excluding NO2 is 1. The molecule has 3 rings (SSSR count). The van der Waals surface area contributed by atoms with Crippen molar-refractivity contribution < 1.29 is 15.4 Å². The fourth-order valence-electron chi connectivity index (χ4n) is 2.44. The number of Topliss-reactive ketones (excluding diaryl/α,β-unsaturated/α-hetero) is 1. The van der Waals surface area contributed by atoms with Gasteiger partial charge in [-0.3, -0.25) is 4.79 Å². The van der Waals surface area contributed by atoms with Crippen LogP contribution < -0.4 is 5.18 Å². The van der Waals surface area contributed by atoms with Crippen molar-refractivity contribution in [1.29, 1.82) is 0 Å². The predicted octanol–water partition coefficient (Wildman–Crippen LogP) is 1.29. The van der Waals surface area contributed by atoms with Crippen LogP contribution >= 0.6 is 0 Å². The lowest BCUT2D eigenvalue weighted by atomic mass is 10.0. The van der Waals surface area contributed by atoms with E-state index in [4.69, 9.17) is 0 Å². The average molecular weight is 309 g/mol. The Morgan fingerprint density at radius 3 is 2.70 bits per heavy atom. The van der Waals surface area contributed by atoms with Crippen LogP contribution in [0.4, 0.5) is 5.69 Å². The van der Waals surface area contributed by atoms with Crippen molar-refractivity contribution in [3.8, 4) is 0 Å². The van der Waals surface area contributed by atoms with E-state index in [0.29, 0.717) is 11.4 Å². The lowest BCUT2D eigenvalue weighted by Crippen LogP contribution is -2.55. The molecule has 0 unspecified atom stereocenters. The van der Waals surface area contributed by atoms with Crippen LogP contribution in [0.15, 0.2) is 54.7 Å². The second-order valence-electron chi connectivity index (χ2n) is 5.07. The van der Waals surface area contributed by atoms with Crippen LogP contribution in [0.5, 0.6) is 0 Å². The van der Waals surface area contributed by atoms with Crippen molar-refractivity contribution in [2.24, 2.45) is 0 Å². The number of aromatic nitrogens is 2. The Morgan fingerprint density at radius 1 is 1.04 bits per heavy atom. The molecule has 0 aliphatic carbocycles. The predicted molar refractivity (Wildman–Crippen MR) is 84.3 cm³/mol. The van der Waals surface area contributed by atoms with Gasteiger partial charge in [0.05, 0.1) is 18.3 Å². The summed E-state index contributed by atoms with van der Waals surface area (Å²) in [5.41, 5.74) is 1.94. The molecule has 0 atom stereocenters. The smallest absolute Gasteiger partial charge is 0.253 e. The molecule has 0 radical (unpaired) electrons. The van der Waals surface area contributed by atoms with Crippen LogP contribution in [0.3, 0.4) is 0 Å². The van der Waals surface area contributed by atoms with Gasteiger partial charge in [-0.1, -0.05) is 36.4 Å². The number of ketones is 1. The van der Waals surface area contributed by atoms with Gasteiger partial charge in [0.25, 0.3) is 5.69 Å². The van der Waals surface area contributed by atoms with Crippen molar-refractivity contribution in [2.45, 2.75) is 12.8 Å². The standard InChI is InChI=1S/C17H13N3O2.H2O/c21-15(9-12-4-3-6-14(8-12)20-22)10-17-16-7-2-1-5-13(16)11-18-19-17;/h1-8,11H,9-10H2;1H2. The van der Waals surface area contributed by atoms with Crippen LogP contribution in [0.25, 0.3) is 10.8 Å². The summed E-state index contributed by atoms with van der Waals surface area (Å²) >= 11 is 0. The molecule has 6 nitrogen and oxygen atoms in total. The normalized spacial score (nSPS) is 10.1. The summed E-state index contributed by atoms with van der Waals surface area (Å²) in [5, 5.41) is 11.8. The van der Waals surface area contributed by atoms with Gasteiger partial charge in [0.15, 0.2) is 0 Å². The second-order valence-corrected chi connectivity index (χ2v) is 5.07. The molecule has 6 heteroatoms. The van der Waals surface area contributed by atoms with Gasteiger partial charge in [-0.2, -0.15) is 10.2 Å². The summed E-state index contributed by atoms with van der Waals surface area (Å²) in [4.78, 5) is 22.9. The van der Waals surface area contributed by atoms with Crippen LogP contribution in [0, 0.1) is 4.91 Å². The molecule has 116 valence electrons. The summed E-state index contributed by atoms with van der Waals surface area (Å²) in [6.07, 6.45) is 2.18. The molecule has 23 heavy (non-hydrogen) atoms. The van der Waals surface area contributed by atoms with Crippen molar-refractivity contribution in [3.63, 3.8) is 0 Å². The monoisotopic (exact) mass is 309 g/mol. The highest BCUT2D eigenvalue weighted by Gasteiger charge is 2.11. The molecule has 0 bridgehead atoms. The Balaban J connectivity index is 0.00000192. The third-order valence-corrected chi connectivity index (χ3v) is 3.46. The molecule has 1 aromatic heterocycles. The van der Waals surface area contributed by atoms with E-state index >= 15 is 0 Å². The van der Waals surface area contributed by atoms with Crippen molar-refractivity contribution >= 4 is 22.2 Å². The third kappa shape index (κ3) is 3.81. The first-order valence-electron chi connectivity index (χ1n) is 6.94. The minimum atomic E-state index is 0. The Labute approximate surface area is 132 Å². The number of rotatable bonds is 5. The quantitative estimate of drug-likeness (QED) is 0.764. The lowest BCUT2D eigenvalue weighted by molar-refractivity contribution is -0.379. The Kier molecular flexibility index (Phi) is 5.22. The average Bonchev–Trinajstić information content (AvgIpc) is 2.55. The first-order chi connectivity index (χ1) is 10.8. The largest absolute Gasteiger partial charge is 0.870 e. The van der Waals surface area contributed by atoms with Crippen molar-refractivity contribution in [2.75, 3.05) is 0 Å². The van der Waals surface area contributed by atoms with Crippen LogP contribution in [-0.2, 0) is 17.6 Å². The zero-order chi connectivity index (χ0) is 15.4. The van der Waals surface area contributed by atoms with E-state index in [2.05, 4.69) is 10.2 Å². The van der Waals surface area contributed by atoms with E-state index in [-0.39, 0.29) is 24.1 Å². The molecule has 0 aliphatic rings. The summed E-state index contributed by atoms with van der Waals surface area (Å²) < 4.78 is 0. The van der Waals surface area contributed by atoms with Crippen molar-refractivity contribution in [1.82, 2.24) is 10.2 Å². The fourth-order valence-corrected chi connectivity index (χ4v) is 2.44. The number of nitrogens with zero attached hydrogens (tertiary/aromatic N) is 2. The van der Waals surface area contributed by atoms with Gasteiger partial charge < -0.3 is 5.48 Å². The van der Waals surface area contributed by atoms with Crippen LogP contribution in [0.2, 0.25) is 0 Å². The van der Waals surface area contributed by atoms with Gasteiger partial charge in [0.2, 0.25) is 0 Å². The molecule has 0 aliphatic heterocycles. The Bertz CT molecular complexity index is 844. The highest BCUT2D eigenvalue weighted by atomic mass is 16.3. The Morgan fingerprint density at radius 2 is 1.87 bits per heavy atom. The number of nitrogens with one attached hydrogen (secondary N) is 1. The summed E-state index contributed by atoms with van der Waals surface area (Å²) in [7, 11) is 0. The molecule has 2 N–H and O–H groups in total. The van der Waals surface area contributed by atoms with E-state index in [1.165, 1.54) is 0 Å². The molecule has 0 saturated carbocycles. The summed E-state index contributed by atoms with van der Waals surface area (Å²) in [6.45, 7) is 0. The number of fused-ring (bicyclic) bond motifs is 1. The molecular formula is C17H15N3O3. The maximum atomic E-state index is 12.3. The lowest BCUT2D eigenvalue weighted by Gasteiger charge is -2.04. The third-order valence-electron chi connectivity index (χ3n) is 3.46. The van der Waals surface area contributed by atoms with Gasteiger partial charge in [0.1, 0.15) is 5.78 Å². The summed E-state index contributed by atoms with van der Waals surface area (Å²) in [5.74, 6) is 0.0358. The van der Waals surface area contributed by atoms with Crippen LogP contribution in [-0.4, -0.2) is 21.5 Å². The Hall–Kier alpha value is -2.99. The maximum Gasteiger partial charge on any atom is 0.253 e. The van der Waals surface area contributed by atoms with E-state index in [1.807, 2.05) is 35.5 Å². The molecular weight excluding hydrogens is 294 g/mol. The van der Waals surface area contributed by atoms with E-state index < -0.39 is 0 Å². The SMILES string of the molecule is O=[NH+]c1cccc(CC(=O)Cc2nncc3ccccc23)c1.[OH-]. The van der Waals surface area contributed by atoms with Gasteiger partial charge in [-0.25, -0.2) is 0 Å². The molecule has 1 heterocycles. The zero-order valence-corrected chi connectivity index (χ0v) is 12.3. The zero-order valence-electron chi connectivity index (χ0n) is 12.3. The topological polar surface area (TPSA) is 104 Å². The molecule has 0 spiro atoms. The fraction of sp³-hybridized carbons (Fsp3) is 0.118. The molecule has 3 aromatic rings. The first-order valence-corrected chi connectivity index (χ1v) is 6.94. The number of carbonyl (C=O) groups excluding carboxylic acids is 1. The van der Waals surface area contributed by atoms with Gasteiger partial charge in [-0.15, -0.1) is 0 Å². The van der Waals surface area contributed by atoms with E-state index in [0.717, 1.165) is 16.3 Å². The van der Waals surface area contributed by atoms with E-state index in [9.17, 15) is 9.70 Å². The van der Waals surface area contributed by atoms with Gasteiger partial charge >= 0.3 is 0 Å². The maximum absolute atomic E-state index is 12.3. The highest BCUT2D eigenvalue weighted by Crippen LogP contribution is 2.16. The first kappa shape index (κ1) is 16.4. The number of carbonyl (C=O) groups is 1. The van der Waals surface area contributed by atoms with Gasteiger partial charge in [-0.05, 0) is 5.56 Å². The summed E-state index contributed by atoms with van der Waals surface area (Å²) in [6, 6.07) is 14.7. The molecule has 0 fully saturated rings. The molecule has 2 aromatic carbocycles. The van der Waals surface area contributed by atoms with Gasteiger partial charge in [0, 0.05) is 39.4 Å². The number of hydrogen-bond donors (Lipinski definition) is 1. The minimum absolute atomic E-state index is 0.